The van der Waals surface area contributed by atoms with Gasteiger partial charge in [-0.2, -0.15) is 0 Å². The van der Waals surface area contributed by atoms with Gasteiger partial charge in [-0.1, -0.05) is 88.7 Å². The van der Waals surface area contributed by atoms with Crippen LogP contribution in [0.15, 0.2) is 29.3 Å². The van der Waals surface area contributed by atoms with Crippen molar-refractivity contribution in [3.63, 3.8) is 0 Å². The van der Waals surface area contributed by atoms with Gasteiger partial charge in [0, 0.05) is 31.2 Å². The fourth-order valence-electron chi connectivity index (χ4n) is 3.80. The molecule has 1 aromatic heterocycles. The number of aliphatic imine (C=N–C) groups is 1. The predicted octanol–water partition coefficient (Wildman–Crippen LogP) is 6.11. The minimum Gasteiger partial charge on any atom is -0.478 e. The second kappa shape index (κ2) is 17.5. The number of aromatic nitrogens is 2. The van der Waals surface area contributed by atoms with Gasteiger partial charge in [-0.25, -0.2) is 9.79 Å². The first kappa shape index (κ1) is 30.3. The highest BCUT2D eigenvalue weighted by Crippen LogP contribution is 2.25. The molecule has 0 saturated heterocycles. The fourth-order valence-corrected chi connectivity index (χ4v) is 4.70. The van der Waals surface area contributed by atoms with E-state index in [-0.39, 0.29) is 17.4 Å². The smallest absolute Gasteiger partial charge is 0.335 e. The Labute approximate surface area is 224 Å². The molecule has 0 aliphatic heterocycles. The van der Waals surface area contributed by atoms with Crippen LogP contribution in [0.3, 0.4) is 0 Å². The van der Waals surface area contributed by atoms with E-state index in [1.807, 2.05) is 0 Å². The van der Waals surface area contributed by atoms with Crippen molar-refractivity contribution in [2.24, 2.45) is 10.9 Å². The number of hydrogen-bond donors (Lipinski definition) is 2. The van der Waals surface area contributed by atoms with Gasteiger partial charge < -0.3 is 10.4 Å². The molecule has 1 unspecified atom stereocenters. The molecule has 2 N–H and O–H groups in total. The van der Waals surface area contributed by atoms with E-state index in [9.17, 15) is 14.4 Å². The molecule has 2 amide bonds. The van der Waals surface area contributed by atoms with E-state index in [0.29, 0.717) is 29.4 Å². The number of carboxylic acid groups (broad SMARTS) is 1. The molecule has 0 aliphatic carbocycles. The molecule has 0 spiro atoms. The Morgan fingerprint density at radius 3 is 2.27 bits per heavy atom. The van der Waals surface area contributed by atoms with E-state index >= 15 is 0 Å². The number of nitrogens with one attached hydrogen (secondary N) is 1. The number of carbonyl (C=O) groups is 3. The topological polar surface area (TPSA) is 122 Å². The van der Waals surface area contributed by atoms with Gasteiger partial charge in [-0.3, -0.25) is 9.59 Å². The summed E-state index contributed by atoms with van der Waals surface area (Å²) in [7, 11) is 0. The van der Waals surface area contributed by atoms with Crippen molar-refractivity contribution in [2.45, 2.75) is 90.9 Å². The molecule has 0 saturated carbocycles. The molecule has 0 bridgehead atoms. The van der Waals surface area contributed by atoms with Gasteiger partial charge in [0.05, 0.1) is 11.5 Å². The molecular formula is C28H40N4O4S. The summed E-state index contributed by atoms with van der Waals surface area (Å²) in [6.07, 6.45) is 13.0. The predicted molar refractivity (Wildman–Crippen MR) is 148 cm³/mol. The van der Waals surface area contributed by atoms with Crippen LogP contribution in [0.2, 0.25) is 0 Å². The summed E-state index contributed by atoms with van der Waals surface area (Å²) in [5, 5.41) is 21.8. The number of unbranched alkanes of at least 4 members (excludes halogenated alkanes) is 8. The Hall–Kier alpha value is -2.94. The van der Waals surface area contributed by atoms with Gasteiger partial charge in [-0.05, 0) is 25.0 Å². The summed E-state index contributed by atoms with van der Waals surface area (Å²) >= 11 is 1.34. The first-order valence-electron chi connectivity index (χ1n) is 13.4. The van der Waals surface area contributed by atoms with Crippen LogP contribution >= 0.6 is 11.3 Å². The van der Waals surface area contributed by atoms with Crippen LogP contribution in [0.1, 0.15) is 99.8 Å². The zero-order valence-electron chi connectivity index (χ0n) is 22.1. The number of aromatic carboxylic acids is 1. The maximum atomic E-state index is 12.9. The molecule has 0 aliphatic rings. The van der Waals surface area contributed by atoms with E-state index in [2.05, 4.69) is 34.4 Å². The normalized spacial score (nSPS) is 12.1. The van der Waals surface area contributed by atoms with Crippen LogP contribution in [-0.2, 0) is 16.0 Å². The number of hydrogen-bond acceptors (Lipinski definition) is 6. The van der Waals surface area contributed by atoms with Gasteiger partial charge in [0.15, 0.2) is 0 Å². The number of nitrogens with zero attached hydrogens (tertiary/aromatic N) is 3. The van der Waals surface area contributed by atoms with E-state index in [4.69, 9.17) is 5.11 Å². The fraction of sp³-hybridized carbons (Fsp3) is 0.571. The molecule has 2 aromatic rings. The van der Waals surface area contributed by atoms with Crippen LogP contribution in [0, 0.1) is 5.92 Å². The lowest BCUT2D eigenvalue weighted by atomic mass is 10.1. The van der Waals surface area contributed by atoms with Crippen LogP contribution in [0.4, 0.5) is 0 Å². The van der Waals surface area contributed by atoms with Crippen molar-refractivity contribution in [1.82, 2.24) is 15.5 Å². The molecule has 1 heterocycles. The number of benzene rings is 1. The van der Waals surface area contributed by atoms with E-state index in [1.165, 1.54) is 48.9 Å². The Morgan fingerprint density at radius 2 is 1.59 bits per heavy atom. The number of amides is 2. The highest BCUT2D eigenvalue weighted by Gasteiger charge is 2.20. The second-order valence-corrected chi connectivity index (χ2v) is 10.3. The summed E-state index contributed by atoms with van der Waals surface area (Å²) in [5.74, 6) is -1.98. The van der Waals surface area contributed by atoms with Gasteiger partial charge in [-0.15, -0.1) is 10.2 Å². The third-order valence-corrected chi connectivity index (χ3v) is 7.04. The largest absolute Gasteiger partial charge is 0.478 e. The van der Waals surface area contributed by atoms with E-state index in [0.717, 1.165) is 50.5 Å². The molecule has 2 rings (SSSR count). The van der Waals surface area contributed by atoms with Gasteiger partial charge >= 0.3 is 5.97 Å². The molecule has 9 heteroatoms. The third kappa shape index (κ3) is 11.8. The highest BCUT2D eigenvalue weighted by atomic mass is 32.1. The van der Waals surface area contributed by atoms with Crippen molar-refractivity contribution in [3.05, 3.63) is 34.8 Å². The van der Waals surface area contributed by atoms with Crippen molar-refractivity contribution in [2.75, 3.05) is 6.54 Å². The summed E-state index contributed by atoms with van der Waals surface area (Å²) in [6.45, 7) is 4.91. The lowest BCUT2D eigenvalue weighted by Crippen LogP contribution is -2.33. The standard InChI is InChI=1S/C28H40N4O4S/c1-3-5-7-9-10-11-13-24(33)30-20-23(26(34)29-18-12-8-6-4-2)19-25-31-32-27(37-25)21-14-16-22(17-15-21)28(35)36/h14-17,20,23H,3-13,18-19H2,1-2H3,(H,29,34)(H,35,36). The number of carboxylic acids is 1. The molecule has 37 heavy (non-hydrogen) atoms. The minimum absolute atomic E-state index is 0.171. The molecule has 1 aromatic carbocycles. The monoisotopic (exact) mass is 528 g/mol. The Morgan fingerprint density at radius 1 is 0.946 bits per heavy atom. The third-order valence-electron chi connectivity index (χ3n) is 6.05. The van der Waals surface area contributed by atoms with Gasteiger partial charge in [0.1, 0.15) is 10.0 Å². The molecular weight excluding hydrogens is 488 g/mol. The molecule has 0 radical (unpaired) electrons. The van der Waals surface area contributed by atoms with Crippen LogP contribution in [0.25, 0.3) is 10.6 Å². The van der Waals surface area contributed by atoms with E-state index < -0.39 is 11.9 Å². The zero-order valence-corrected chi connectivity index (χ0v) is 22.9. The van der Waals surface area contributed by atoms with Crippen molar-refractivity contribution < 1.29 is 19.5 Å². The summed E-state index contributed by atoms with van der Waals surface area (Å²) in [6, 6.07) is 6.43. The maximum Gasteiger partial charge on any atom is 0.335 e. The average Bonchev–Trinajstić information content (AvgIpc) is 3.37. The van der Waals surface area contributed by atoms with Crippen LogP contribution < -0.4 is 5.32 Å². The Balaban J connectivity index is 2.00. The SMILES string of the molecule is CCCCCCCCC(=O)N=CC(Cc1nnc(-c2ccc(C(=O)O)cc2)s1)C(=O)NCCCCCC. The summed E-state index contributed by atoms with van der Waals surface area (Å²) in [4.78, 5) is 40.4. The lowest BCUT2D eigenvalue weighted by Gasteiger charge is -2.11. The summed E-state index contributed by atoms with van der Waals surface area (Å²) in [5.41, 5.74) is 0.958. The Kier molecular flexibility index (Phi) is 14.3. The quantitative estimate of drug-likeness (QED) is 0.178. The van der Waals surface area contributed by atoms with Crippen molar-refractivity contribution in [1.29, 1.82) is 0 Å². The average molecular weight is 529 g/mol. The number of carbonyl (C=O) groups excluding carboxylic acids is 2. The molecule has 8 nitrogen and oxygen atoms in total. The van der Waals surface area contributed by atoms with Crippen LogP contribution in [-0.4, -0.2) is 45.8 Å². The van der Waals surface area contributed by atoms with Crippen molar-refractivity contribution in [3.8, 4) is 10.6 Å². The molecule has 0 fully saturated rings. The number of rotatable bonds is 18. The zero-order chi connectivity index (χ0) is 26.9. The Bertz CT molecular complexity index is 1000. The highest BCUT2D eigenvalue weighted by molar-refractivity contribution is 7.14. The van der Waals surface area contributed by atoms with Gasteiger partial charge in [0.2, 0.25) is 11.8 Å². The molecule has 1 atom stereocenters. The van der Waals surface area contributed by atoms with Gasteiger partial charge in [0.25, 0.3) is 0 Å². The first-order chi connectivity index (χ1) is 17.9. The lowest BCUT2D eigenvalue weighted by molar-refractivity contribution is -0.122. The second-order valence-electron chi connectivity index (χ2n) is 9.24. The van der Waals surface area contributed by atoms with Crippen molar-refractivity contribution >= 4 is 35.3 Å². The first-order valence-corrected chi connectivity index (χ1v) is 14.3. The maximum absolute atomic E-state index is 12.9. The molecule has 202 valence electrons. The van der Waals surface area contributed by atoms with E-state index in [1.54, 1.807) is 12.1 Å². The van der Waals surface area contributed by atoms with Crippen LogP contribution in [0.5, 0.6) is 0 Å². The summed E-state index contributed by atoms with van der Waals surface area (Å²) < 4.78 is 0. The minimum atomic E-state index is -0.988.